The summed E-state index contributed by atoms with van der Waals surface area (Å²) in [6.45, 7) is 0. The lowest BCUT2D eigenvalue weighted by Gasteiger charge is -2.10. The number of carbonyl (C=O) groups excluding carboxylic acids is 1. The number of halogens is 1. The SMILES string of the molecule is O=C(CS(=O)(=O)c1ccc(F)cc1)Nc1ccccc1-c1nc2ccccc2s1. The molecule has 0 atom stereocenters. The third kappa shape index (κ3) is 4.18. The van der Waals surface area contributed by atoms with Gasteiger partial charge in [-0.1, -0.05) is 24.3 Å². The van der Waals surface area contributed by atoms with Crippen molar-refractivity contribution in [2.75, 3.05) is 11.1 Å². The first kappa shape index (κ1) is 19.2. The van der Waals surface area contributed by atoms with Crippen molar-refractivity contribution in [2.24, 2.45) is 0 Å². The predicted molar refractivity (Wildman–Crippen MR) is 112 cm³/mol. The number of anilines is 1. The van der Waals surface area contributed by atoms with Crippen LogP contribution >= 0.6 is 11.3 Å². The number of para-hydroxylation sites is 2. The number of hydrogen-bond acceptors (Lipinski definition) is 5. The van der Waals surface area contributed by atoms with Gasteiger partial charge in [0.2, 0.25) is 5.91 Å². The zero-order valence-electron chi connectivity index (χ0n) is 15.0. The Bertz CT molecular complexity index is 1270. The van der Waals surface area contributed by atoms with Crippen molar-refractivity contribution in [3.63, 3.8) is 0 Å². The summed E-state index contributed by atoms with van der Waals surface area (Å²) in [7, 11) is -3.89. The molecule has 0 aliphatic rings. The zero-order chi connectivity index (χ0) is 20.4. The summed E-state index contributed by atoms with van der Waals surface area (Å²) < 4.78 is 38.9. The average Bonchev–Trinajstić information content (AvgIpc) is 3.12. The van der Waals surface area contributed by atoms with Crippen molar-refractivity contribution in [3.8, 4) is 10.6 Å². The van der Waals surface area contributed by atoms with Gasteiger partial charge in [0.1, 0.15) is 16.6 Å². The van der Waals surface area contributed by atoms with Crippen LogP contribution in [0.25, 0.3) is 20.8 Å². The monoisotopic (exact) mass is 426 g/mol. The summed E-state index contributed by atoms with van der Waals surface area (Å²) >= 11 is 1.49. The standard InChI is InChI=1S/C21H15FN2O3S2/c22-14-9-11-15(12-10-14)29(26,27)13-20(25)23-17-6-2-1-5-16(17)21-24-18-7-3-4-8-19(18)28-21/h1-12H,13H2,(H,23,25). The second-order valence-corrected chi connectivity index (χ2v) is 9.31. The van der Waals surface area contributed by atoms with Crippen molar-refractivity contribution >= 4 is 43.0 Å². The summed E-state index contributed by atoms with van der Waals surface area (Å²) in [6, 6.07) is 19.2. The Labute approximate surface area is 170 Å². The van der Waals surface area contributed by atoms with Crippen LogP contribution in [-0.2, 0) is 14.6 Å². The highest BCUT2D eigenvalue weighted by molar-refractivity contribution is 7.92. The summed E-state index contributed by atoms with van der Waals surface area (Å²) in [5, 5.41) is 3.39. The Morgan fingerprint density at radius 2 is 1.66 bits per heavy atom. The van der Waals surface area contributed by atoms with Crippen LogP contribution in [0.5, 0.6) is 0 Å². The lowest BCUT2D eigenvalue weighted by Crippen LogP contribution is -2.23. The molecular weight excluding hydrogens is 411 g/mol. The number of sulfone groups is 1. The van der Waals surface area contributed by atoms with Gasteiger partial charge in [0.05, 0.1) is 20.8 Å². The molecule has 0 radical (unpaired) electrons. The van der Waals surface area contributed by atoms with Crippen molar-refractivity contribution in [1.29, 1.82) is 0 Å². The van der Waals surface area contributed by atoms with Gasteiger partial charge in [0, 0.05) is 5.56 Å². The van der Waals surface area contributed by atoms with Gasteiger partial charge >= 0.3 is 0 Å². The molecule has 0 aliphatic heterocycles. The van der Waals surface area contributed by atoms with E-state index in [2.05, 4.69) is 10.3 Å². The van der Waals surface area contributed by atoms with Gasteiger partial charge in [-0.3, -0.25) is 4.79 Å². The fraction of sp³-hybridized carbons (Fsp3) is 0.0476. The average molecular weight is 426 g/mol. The molecule has 1 aromatic heterocycles. The molecule has 0 unspecified atom stereocenters. The molecule has 0 saturated carbocycles. The summed E-state index contributed by atoms with van der Waals surface area (Å²) in [5.41, 5.74) is 2.04. The molecule has 29 heavy (non-hydrogen) atoms. The highest BCUT2D eigenvalue weighted by Crippen LogP contribution is 2.34. The molecule has 5 nitrogen and oxygen atoms in total. The third-order valence-electron chi connectivity index (χ3n) is 4.22. The van der Waals surface area contributed by atoms with E-state index in [1.165, 1.54) is 11.3 Å². The smallest absolute Gasteiger partial charge is 0.239 e. The number of benzene rings is 3. The van der Waals surface area contributed by atoms with E-state index in [0.717, 1.165) is 39.5 Å². The van der Waals surface area contributed by atoms with E-state index in [4.69, 9.17) is 0 Å². The van der Waals surface area contributed by atoms with Crippen LogP contribution in [0.4, 0.5) is 10.1 Å². The molecule has 146 valence electrons. The molecule has 1 heterocycles. The maximum absolute atomic E-state index is 13.0. The predicted octanol–water partition coefficient (Wildman–Crippen LogP) is 4.51. The third-order valence-corrected chi connectivity index (χ3v) is 6.92. The summed E-state index contributed by atoms with van der Waals surface area (Å²) in [4.78, 5) is 16.9. The molecule has 0 fully saturated rings. The molecule has 0 saturated heterocycles. The highest BCUT2D eigenvalue weighted by atomic mass is 32.2. The number of nitrogens with one attached hydrogen (secondary N) is 1. The lowest BCUT2D eigenvalue weighted by molar-refractivity contribution is -0.113. The minimum absolute atomic E-state index is 0.103. The number of hydrogen-bond donors (Lipinski definition) is 1. The molecule has 3 aromatic carbocycles. The number of nitrogens with zero attached hydrogens (tertiary/aromatic N) is 1. The van der Waals surface area contributed by atoms with Gasteiger partial charge in [-0.15, -0.1) is 11.3 Å². The first-order valence-corrected chi connectivity index (χ1v) is 11.1. The van der Waals surface area contributed by atoms with Crippen molar-refractivity contribution in [1.82, 2.24) is 4.98 Å². The van der Waals surface area contributed by atoms with Crippen molar-refractivity contribution in [3.05, 3.63) is 78.6 Å². The van der Waals surface area contributed by atoms with Gasteiger partial charge < -0.3 is 5.32 Å². The molecule has 1 N–H and O–H groups in total. The molecule has 0 spiro atoms. The van der Waals surface area contributed by atoms with Gasteiger partial charge in [-0.25, -0.2) is 17.8 Å². The van der Waals surface area contributed by atoms with Gasteiger partial charge in [-0.05, 0) is 48.5 Å². The number of fused-ring (bicyclic) bond motifs is 1. The lowest BCUT2D eigenvalue weighted by atomic mass is 10.2. The highest BCUT2D eigenvalue weighted by Gasteiger charge is 2.21. The van der Waals surface area contributed by atoms with Crippen molar-refractivity contribution in [2.45, 2.75) is 4.90 Å². The Hall–Kier alpha value is -3.10. The Morgan fingerprint density at radius 3 is 2.41 bits per heavy atom. The molecule has 4 aromatic rings. The van der Waals surface area contributed by atoms with Gasteiger partial charge in [0.15, 0.2) is 9.84 Å². The van der Waals surface area contributed by atoms with Crippen LogP contribution in [0, 0.1) is 5.82 Å². The number of thiazole rings is 1. The maximum Gasteiger partial charge on any atom is 0.239 e. The fourth-order valence-electron chi connectivity index (χ4n) is 2.85. The van der Waals surface area contributed by atoms with Gasteiger partial charge in [-0.2, -0.15) is 0 Å². The van der Waals surface area contributed by atoms with Gasteiger partial charge in [0.25, 0.3) is 0 Å². The minimum atomic E-state index is -3.89. The molecule has 0 aliphatic carbocycles. The Kier molecular flexibility index (Phi) is 5.12. The number of amides is 1. The number of aromatic nitrogens is 1. The van der Waals surface area contributed by atoms with E-state index in [-0.39, 0.29) is 4.90 Å². The van der Waals surface area contributed by atoms with Crippen LogP contribution in [0.3, 0.4) is 0 Å². The van der Waals surface area contributed by atoms with Crippen LogP contribution < -0.4 is 5.32 Å². The topological polar surface area (TPSA) is 76.1 Å². The molecular formula is C21H15FN2O3S2. The molecule has 0 bridgehead atoms. The van der Waals surface area contributed by atoms with E-state index in [9.17, 15) is 17.6 Å². The molecule has 4 rings (SSSR count). The fourth-order valence-corrected chi connectivity index (χ4v) is 4.99. The number of rotatable bonds is 5. The maximum atomic E-state index is 13.0. The van der Waals surface area contributed by atoms with Crippen LogP contribution in [-0.4, -0.2) is 25.1 Å². The first-order chi connectivity index (χ1) is 13.9. The Morgan fingerprint density at radius 1 is 0.966 bits per heavy atom. The second kappa shape index (κ2) is 7.73. The van der Waals surface area contributed by atoms with Crippen molar-refractivity contribution < 1.29 is 17.6 Å². The van der Waals surface area contributed by atoms with E-state index in [1.54, 1.807) is 12.1 Å². The minimum Gasteiger partial charge on any atom is -0.325 e. The second-order valence-electron chi connectivity index (χ2n) is 6.29. The molecule has 8 heteroatoms. The molecule has 1 amide bonds. The number of carbonyl (C=O) groups is 1. The quantitative estimate of drug-likeness (QED) is 0.476. The summed E-state index contributed by atoms with van der Waals surface area (Å²) in [6.07, 6.45) is 0. The largest absolute Gasteiger partial charge is 0.325 e. The van der Waals surface area contributed by atoms with Crippen LogP contribution in [0.2, 0.25) is 0 Å². The first-order valence-electron chi connectivity index (χ1n) is 8.65. The van der Waals surface area contributed by atoms with E-state index in [1.807, 2.05) is 36.4 Å². The van der Waals surface area contributed by atoms with Crippen LogP contribution in [0.15, 0.2) is 77.7 Å². The summed E-state index contributed by atoms with van der Waals surface area (Å²) in [5.74, 6) is -1.96. The van der Waals surface area contributed by atoms with E-state index >= 15 is 0 Å². The normalized spacial score (nSPS) is 11.5. The van der Waals surface area contributed by atoms with E-state index < -0.39 is 27.3 Å². The Balaban J connectivity index is 1.58. The van der Waals surface area contributed by atoms with E-state index in [0.29, 0.717) is 11.3 Å². The van der Waals surface area contributed by atoms with Crippen LogP contribution in [0.1, 0.15) is 0 Å². The zero-order valence-corrected chi connectivity index (χ0v) is 16.6.